The van der Waals surface area contributed by atoms with Crippen LogP contribution in [0.25, 0.3) is 0 Å². The van der Waals surface area contributed by atoms with Crippen molar-refractivity contribution in [1.29, 1.82) is 0 Å². The number of rotatable bonds is 8. The summed E-state index contributed by atoms with van der Waals surface area (Å²) in [7, 11) is -2.17. The zero-order valence-electron chi connectivity index (χ0n) is 12.4. The third-order valence-corrected chi connectivity index (χ3v) is 4.95. The van der Waals surface area contributed by atoms with Crippen LogP contribution < -0.4 is 4.74 Å². The van der Waals surface area contributed by atoms with E-state index in [9.17, 15) is 8.42 Å². The standard InChI is InChI=1S/C15H21NO4S/c1-4-9-16(10-5-2)21(18,19)15-7-6-14(20-3)12-13(15)8-11-17/h1,6-7,12,17H,5,8-11H2,2-3H3. The smallest absolute Gasteiger partial charge is 0.244 e. The predicted molar refractivity (Wildman–Crippen MR) is 81.7 cm³/mol. The fraction of sp³-hybridized carbons (Fsp3) is 0.467. The highest BCUT2D eigenvalue weighted by Gasteiger charge is 2.25. The number of hydrogen-bond donors (Lipinski definition) is 1. The van der Waals surface area contributed by atoms with Gasteiger partial charge in [-0.25, -0.2) is 8.42 Å². The number of aliphatic hydroxyl groups excluding tert-OH is 1. The van der Waals surface area contributed by atoms with Crippen molar-refractivity contribution in [2.24, 2.45) is 0 Å². The largest absolute Gasteiger partial charge is 0.497 e. The van der Waals surface area contributed by atoms with E-state index in [1.165, 1.54) is 17.5 Å². The Balaban J connectivity index is 3.31. The highest BCUT2D eigenvalue weighted by molar-refractivity contribution is 7.89. The quantitative estimate of drug-likeness (QED) is 0.734. The van der Waals surface area contributed by atoms with Crippen LogP contribution in [0.2, 0.25) is 0 Å². The lowest BCUT2D eigenvalue weighted by molar-refractivity contribution is 0.298. The van der Waals surface area contributed by atoms with Crippen molar-refractivity contribution in [3.63, 3.8) is 0 Å². The van der Waals surface area contributed by atoms with Gasteiger partial charge in [-0.3, -0.25) is 0 Å². The van der Waals surface area contributed by atoms with E-state index in [2.05, 4.69) is 5.92 Å². The fourth-order valence-electron chi connectivity index (χ4n) is 2.02. The number of terminal acetylenes is 1. The van der Waals surface area contributed by atoms with Crippen molar-refractivity contribution >= 4 is 10.0 Å². The lowest BCUT2D eigenvalue weighted by atomic mass is 10.1. The van der Waals surface area contributed by atoms with Crippen LogP contribution in [0.1, 0.15) is 18.9 Å². The Labute approximate surface area is 126 Å². The Hall–Kier alpha value is -1.55. The van der Waals surface area contributed by atoms with E-state index in [4.69, 9.17) is 16.3 Å². The maximum atomic E-state index is 12.7. The van der Waals surface area contributed by atoms with Crippen LogP contribution in [-0.2, 0) is 16.4 Å². The van der Waals surface area contributed by atoms with Crippen LogP contribution in [0.3, 0.4) is 0 Å². The summed E-state index contributed by atoms with van der Waals surface area (Å²) >= 11 is 0. The van der Waals surface area contributed by atoms with Crippen molar-refractivity contribution in [2.45, 2.75) is 24.7 Å². The monoisotopic (exact) mass is 311 g/mol. The van der Waals surface area contributed by atoms with Crippen LogP contribution in [0.5, 0.6) is 5.75 Å². The minimum atomic E-state index is -3.68. The highest BCUT2D eigenvalue weighted by Crippen LogP contribution is 2.25. The van der Waals surface area contributed by atoms with Crippen LogP contribution in [-0.4, -0.2) is 44.6 Å². The number of benzene rings is 1. The van der Waals surface area contributed by atoms with Crippen molar-refractivity contribution in [3.8, 4) is 18.1 Å². The molecule has 0 saturated carbocycles. The lowest BCUT2D eigenvalue weighted by Crippen LogP contribution is -2.33. The molecule has 1 N–H and O–H groups in total. The number of aliphatic hydroxyl groups is 1. The number of methoxy groups -OCH3 is 1. The van der Waals surface area contributed by atoms with Gasteiger partial charge in [-0.15, -0.1) is 6.42 Å². The Kier molecular flexibility index (Phi) is 6.69. The minimum Gasteiger partial charge on any atom is -0.497 e. The first-order valence-corrected chi connectivity index (χ1v) is 8.16. The first kappa shape index (κ1) is 17.5. The molecule has 0 spiro atoms. The molecule has 0 atom stereocenters. The third kappa shape index (κ3) is 4.21. The van der Waals surface area contributed by atoms with Gasteiger partial charge in [0.05, 0.1) is 18.6 Å². The van der Waals surface area contributed by atoms with Gasteiger partial charge in [0.25, 0.3) is 0 Å². The molecule has 0 unspecified atom stereocenters. The summed E-state index contributed by atoms with van der Waals surface area (Å²) in [5.41, 5.74) is 0.523. The van der Waals surface area contributed by atoms with E-state index >= 15 is 0 Å². The number of ether oxygens (including phenoxy) is 1. The van der Waals surface area contributed by atoms with Gasteiger partial charge < -0.3 is 9.84 Å². The molecule has 0 amide bonds. The van der Waals surface area contributed by atoms with Crippen LogP contribution in [0.15, 0.2) is 23.1 Å². The first-order chi connectivity index (χ1) is 10.0. The summed E-state index contributed by atoms with van der Waals surface area (Å²) in [6, 6.07) is 4.72. The molecule has 1 aromatic rings. The molecule has 0 aliphatic carbocycles. The molecule has 5 nitrogen and oxygen atoms in total. The molecule has 0 heterocycles. The van der Waals surface area contributed by atoms with Crippen molar-refractivity contribution < 1.29 is 18.3 Å². The van der Waals surface area contributed by atoms with Crippen LogP contribution >= 0.6 is 0 Å². The van der Waals surface area contributed by atoms with Gasteiger partial charge in [-0.1, -0.05) is 12.8 Å². The summed E-state index contributed by atoms with van der Waals surface area (Å²) in [5.74, 6) is 2.93. The lowest BCUT2D eigenvalue weighted by Gasteiger charge is -2.21. The van der Waals surface area contributed by atoms with Gasteiger partial charge >= 0.3 is 0 Å². The average Bonchev–Trinajstić information content (AvgIpc) is 2.47. The molecule has 6 heteroatoms. The minimum absolute atomic E-state index is 0.0285. The molecule has 1 rings (SSSR count). The number of nitrogens with zero attached hydrogens (tertiary/aromatic N) is 1. The maximum Gasteiger partial charge on any atom is 0.244 e. The molecule has 0 saturated heterocycles. The second kappa shape index (κ2) is 8.03. The normalized spacial score (nSPS) is 11.4. The fourth-order valence-corrected chi connectivity index (χ4v) is 3.70. The van der Waals surface area contributed by atoms with Crippen LogP contribution in [0, 0.1) is 12.3 Å². The summed E-state index contributed by atoms with van der Waals surface area (Å²) in [6.45, 7) is 2.14. The van der Waals surface area contributed by atoms with Gasteiger partial charge in [-0.05, 0) is 36.6 Å². The zero-order valence-corrected chi connectivity index (χ0v) is 13.2. The van der Waals surface area contributed by atoms with E-state index < -0.39 is 10.0 Å². The Bertz CT molecular complexity index is 605. The summed E-state index contributed by atoms with van der Waals surface area (Å²) in [4.78, 5) is 0.168. The molecule has 0 aliphatic rings. The Morgan fingerprint density at radius 3 is 2.67 bits per heavy atom. The molecule has 0 bridgehead atoms. The van der Waals surface area contributed by atoms with E-state index in [0.29, 0.717) is 24.3 Å². The SMILES string of the molecule is C#CCN(CCC)S(=O)(=O)c1ccc(OC)cc1CCO. The van der Waals surface area contributed by atoms with E-state index in [0.717, 1.165) is 0 Å². The average molecular weight is 311 g/mol. The van der Waals surface area contributed by atoms with Gasteiger partial charge in [0.2, 0.25) is 10.0 Å². The number of hydrogen-bond acceptors (Lipinski definition) is 4. The van der Waals surface area contributed by atoms with Gasteiger partial charge in [0, 0.05) is 13.2 Å². The Morgan fingerprint density at radius 2 is 2.14 bits per heavy atom. The van der Waals surface area contributed by atoms with Crippen molar-refractivity contribution in [1.82, 2.24) is 4.31 Å². The van der Waals surface area contributed by atoms with Gasteiger partial charge in [0.1, 0.15) is 5.75 Å². The molecular formula is C15H21NO4S. The second-order valence-corrected chi connectivity index (χ2v) is 6.40. The summed E-state index contributed by atoms with van der Waals surface area (Å²) in [6.07, 6.45) is 6.17. The molecule has 21 heavy (non-hydrogen) atoms. The second-order valence-electron chi connectivity index (χ2n) is 4.49. The molecular weight excluding hydrogens is 290 g/mol. The highest BCUT2D eigenvalue weighted by atomic mass is 32.2. The van der Waals surface area contributed by atoms with E-state index in [1.54, 1.807) is 12.1 Å². The molecule has 0 fully saturated rings. The molecule has 1 aromatic carbocycles. The van der Waals surface area contributed by atoms with Crippen molar-refractivity contribution in [3.05, 3.63) is 23.8 Å². The van der Waals surface area contributed by atoms with Gasteiger partial charge in [0.15, 0.2) is 0 Å². The molecule has 0 radical (unpaired) electrons. The topological polar surface area (TPSA) is 66.8 Å². The summed E-state index contributed by atoms with van der Waals surface area (Å²) in [5, 5.41) is 9.14. The zero-order chi connectivity index (χ0) is 15.9. The molecule has 0 aliphatic heterocycles. The third-order valence-electron chi connectivity index (χ3n) is 3.01. The summed E-state index contributed by atoms with van der Waals surface area (Å²) < 4.78 is 31.8. The predicted octanol–water partition coefficient (Wildman–Crippen LogP) is 1.26. The maximum absolute atomic E-state index is 12.7. The van der Waals surface area contributed by atoms with E-state index in [-0.39, 0.29) is 24.5 Å². The van der Waals surface area contributed by atoms with Crippen molar-refractivity contribution in [2.75, 3.05) is 26.8 Å². The first-order valence-electron chi connectivity index (χ1n) is 6.72. The van der Waals surface area contributed by atoms with E-state index in [1.807, 2.05) is 6.92 Å². The molecule has 116 valence electrons. The van der Waals surface area contributed by atoms with Gasteiger partial charge in [-0.2, -0.15) is 4.31 Å². The Morgan fingerprint density at radius 1 is 1.43 bits per heavy atom. The number of sulfonamides is 1. The van der Waals surface area contributed by atoms with Crippen LogP contribution in [0.4, 0.5) is 0 Å². The molecule has 0 aromatic heterocycles.